The van der Waals surface area contributed by atoms with Crippen molar-refractivity contribution in [3.63, 3.8) is 0 Å². The fraction of sp³-hybridized carbons (Fsp3) is 0.400. The lowest BCUT2D eigenvalue weighted by molar-refractivity contribution is -0.132. The third kappa shape index (κ3) is 4.81. The van der Waals surface area contributed by atoms with Gasteiger partial charge in [0.15, 0.2) is 0 Å². The molecular weight excluding hydrogens is 372 g/mol. The Morgan fingerprint density at radius 1 is 1.41 bits per heavy atom. The molecule has 0 unspecified atom stereocenters. The molecular formula is C15H18BrClN2O3. The van der Waals surface area contributed by atoms with E-state index in [1.54, 1.807) is 6.07 Å². The number of hydrogen-bond acceptors (Lipinski definition) is 4. The Bertz CT molecular complexity index is 617. The highest BCUT2D eigenvalue weighted by Gasteiger charge is 2.16. The molecule has 0 atom stereocenters. The molecule has 1 amide bonds. The SMILES string of the molecule is CCc1cc(Cl)cc(Br)c1CC(=O)N(C)N=C(C)C(=O)OC. The molecule has 0 radical (unpaired) electrons. The second-order valence-electron chi connectivity index (χ2n) is 4.65. The zero-order valence-corrected chi connectivity index (χ0v) is 15.3. The number of hydrogen-bond donors (Lipinski definition) is 0. The molecule has 120 valence electrons. The smallest absolute Gasteiger partial charge is 0.353 e. The van der Waals surface area contributed by atoms with Crippen LogP contribution in [0, 0.1) is 0 Å². The zero-order chi connectivity index (χ0) is 16.9. The van der Waals surface area contributed by atoms with Gasteiger partial charge in [-0.25, -0.2) is 9.80 Å². The van der Waals surface area contributed by atoms with Crippen LogP contribution in [0.1, 0.15) is 25.0 Å². The van der Waals surface area contributed by atoms with Crippen LogP contribution in [0.2, 0.25) is 5.02 Å². The molecule has 1 aromatic rings. The highest BCUT2D eigenvalue weighted by atomic mass is 79.9. The van der Waals surface area contributed by atoms with Crippen LogP contribution in [0.4, 0.5) is 0 Å². The normalized spacial score (nSPS) is 11.3. The Kier molecular flexibility index (Phi) is 7.03. The van der Waals surface area contributed by atoms with Gasteiger partial charge in [-0.2, -0.15) is 5.10 Å². The summed E-state index contributed by atoms with van der Waals surface area (Å²) in [7, 11) is 2.77. The van der Waals surface area contributed by atoms with Crippen LogP contribution in [-0.2, 0) is 27.2 Å². The Hall–Kier alpha value is -1.40. The maximum Gasteiger partial charge on any atom is 0.353 e. The number of halogens is 2. The molecule has 1 aromatic carbocycles. The molecule has 0 spiro atoms. The van der Waals surface area contributed by atoms with Gasteiger partial charge in [0, 0.05) is 16.5 Å². The molecule has 0 aromatic heterocycles. The van der Waals surface area contributed by atoms with E-state index in [1.165, 1.54) is 21.1 Å². The number of rotatable bonds is 5. The standard InChI is InChI=1S/C15H18BrClN2O3/c1-5-10-6-11(17)7-13(16)12(10)8-14(20)19(3)18-9(2)15(21)22-4/h6-7H,5,8H2,1-4H3. The molecule has 0 saturated carbocycles. The van der Waals surface area contributed by atoms with Crippen LogP contribution in [0.25, 0.3) is 0 Å². The maximum absolute atomic E-state index is 12.3. The van der Waals surface area contributed by atoms with Crippen molar-refractivity contribution < 1.29 is 14.3 Å². The third-order valence-electron chi connectivity index (χ3n) is 3.10. The van der Waals surface area contributed by atoms with E-state index in [1.807, 2.05) is 13.0 Å². The molecule has 0 aliphatic rings. The van der Waals surface area contributed by atoms with Gasteiger partial charge in [0.2, 0.25) is 5.91 Å². The number of hydrazone groups is 1. The van der Waals surface area contributed by atoms with Gasteiger partial charge in [-0.1, -0.05) is 34.5 Å². The van der Waals surface area contributed by atoms with Gasteiger partial charge >= 0.3 is 5.97 Å². The van der Waals surface area contributed by atoms with Gasteiger partial charge in [0.05, 0.1) is 13.5 Å². The fourth-order valence-electron chi connectivity index (χ4n) is 1.91. The Morgan fingerprint density at radius 2 is 2.05 bits per heavy atom. The minimum atomic E-state index is -0.568. The lowest BCUT2D eigenvalue weighted by atomic mass is 10.0. The lowest BCUT2D eigenvalue weighted by Crippen LogP contribution is -2.27. The average Bonchev–Trinajstić information content (AvgIpc) is 2.48. The summed E-state index contributed by atoms with van der Waals surface area (Å²) in [6.07, 6.45) is 0.922. The fourth-order valence-corrected chi connectivity index (χ4v) is 2.92. The minimum absolute atomic E-state index is 0.115. The third-order valence-corrected chi connectivity index (χ3v) is 4.03. The highest BCUT2D eigenvalue weighted by Crippen LogP contribution is 2.27. The Balaban J connectivity index is 2.96. The molecule has 0 N–H and O–H groups in total. The van der Waals surface area contributed by atoms with Crippen LogP contribution in [-0.4, -0.2) is 36.8 Å². The number of esters is 1. The van der Waals surface area contributed by atoms with E-state index in [-0.39, 0.29) is 18.0 Å². The molecule has 0 fully saturated rings. The predicted molar refractivity (Wildman–Crippen MR) is 90.1 cm³/mol. The molecule has 0 bridgehead atoms. The number of ether oxygens (including phenoxy) is 1. The van der Waals surface area contributed by atoms with Gasteiger partial charge in [-0.05, 0) is 36.6 Å². The van der Waals surface area contributed by atoms with Gasteiger partial charge in [-0.15, -0.1) is 0 Å². The molecule has 0 aliphatic carbocycles. The van der Waals surface area contributed by atoms with Crippen molar-refractivity contribution in [3.8, 4) is 0 Å². The van der Waals surface area contributed by atoms with Crippen molar-refractivity contribution >= 4 is 45.1 Å². The lowest BCUT2D eigenvalue weighted by Gasteiger charge is -2.15. The van der Waals surface area contributed by atoms with Crippen LogP contribution in [0.15, 0.2) is 21.7 Å². The van der Waals surface area contributed by atoms with Crippen molar-refractivity contribution in [3.05, 3.63) is 32.8 Å². The minimum Gasteiger partial charge on any atom is -0.464 e. The molecule has 0 aliphatic heterocycles. The van der Waals surface area contributed by atoms with Crippen LogP contribution < -0.4 is 0 Å². The summed E-state index contributed by atoms with van der Waals surface area (Å²) in [5, 5.41) is 5.69. The quantitative estimate of drug-likeness (QED) is 0.441. The first-order valence-electron chi connectivity index (χ1n) is 6.67. The molecule has 0 heterocycles. The molecule has 5 nitrogen and oxygen atoms in total. The van der Waals surface area contributed by atoms with Gasteiger partial charge < -0.3 is 4.74 Å². The van der Waals surface area contributed by atoms with E-state index in [9.17, 15) is 9.59 Å². The first-order chi connectivity index (χ1) is 10.3. The number of nitrogens with zero attached hydrogens (tertiary/aromatic N) is 2. The maximum atomic E-state index is 12.3. The van der Waals surface area contributed by atoms with E-state index in [0.717, 1.165) is 27.0 Å². The van der Waals surface area contributed by atoms with E-state index < -0.39 is 5.97 Å². The average molecular weight is 390 g/mol. The Morgan fingerprint density at radius 3 is 2.59 bits per heavy atom. The number of benzene rings is 1. The summed E-state index contributed by atoms with van der Waals surface area (Å²) in [5.41, 5.74) is 1.98. The van der Waals surface area contributed by atoms with Crippen molar-refractivity contribution in [1.29, 1.82) is 0 Å². The second-order valence-corrected chi connectivity index (χ2v) is 5.94. The monoisotopic (exact) mass is 388 g/mol. The number of carbonyl (C=O) groups excluding carboxylic acids is 2. The van der Waals surface area contributed by atoms with Crippen LogP contribution in [0.5, 0.6) is 0 Å². The molecule has 0 saturated heterocycles. The number of likely N-dealkylation sites (N-methyl/N-ethyl adjacent to an activating group) is 1. The topological polar surface area (TPSA) is 59.0 Å². The summed E-state index contributed by atoms with van der Waals surface area (Å²) in [6.45, 7) is 3.49. The van der Waals surface area contributed by atoms with Crippen molar-refractivity contribution in [2.75, 3.05) is 14.2 Å². The number of carbonyl (C=O) groups is 2. The molecule has 1 rings (SSSR count). The molecule has 22 heavy (non-hydrogen) atoms. The summed E-state index contributed by atoms with van der Waals surface area (Å²) in [6, 6.07) is 3.60. The zero-order valence-electron chi connectivity index (χ0n) is 12.9. The predicted octanol–water partition coefficient (Wildman–Crippen LogP) is 3.21. The second kappa shape index (κ2) is 8.29. The molecule has 7 heteroatoms. The summed E-state index contributed by atoms with van der Waals surface area (Å²) >= 11 is 9.46. The van der Waals surface area contributed by atoms with Crippen molar-refractivity contribution in [1.82, 2.24) is 5.01 Å². The largest absolute Gasteiger partial charge is 0.464 e. The summed E-state index contributed by atoms with van der Waals surface area (Å²) < 4.78 is 5.33. The van der Waals surface area contributed by atoms with Crippen LogP contribution in [0.3, 0.4) is 0 Å². The Labute approximate surface area is 143 Å². The van der Waals surface area contributed by atoms with Crippen molar-refractivity contribution in [2.24, 2.45) is 5.10 Å². The number of amides is 1. The summed E-state index contributed by atoms with van der Waals surface area (Å²) in [4.78, 5) is 23.6. The van der Waals surface area contributed by atoms with Crippen LogP contribution >= 0.6 is 27.5 Å². The van der Waals surface area contributed by atoms with Gasteiger partial charge in [-0.3, -0.25) is 4.79 Å². The first kappa shape index (κ1) is 18.6. The van der Waals surface area contributed by atoms with Gasteiger partial charge in [0.25, 0.3) is 0 Å². The van der Waals surface area contributed by atoms with E-state index in [2.05, 4.69) is 25.8 Å². The first-order valence-corrected chi connectivity index (χ1v) is 7.84. The highest BCUT2D eigenvalue weighted by molar-refractivity contribution is 9.10. The van der Waals surface area contributed by atoms with Gasteiger partial charge in [0.1, 0.15) is 5.71 Å². The number of methoxy groups -OCH3 is 1. The van der Waals surface area contributed by atoms with Crippen molar-refractivity contribution in [2.45, 2.75) is 26.7 Å². The number of aryl methyl sites for hydroxylation is 1. The summed E-state index contributed by atoms with van der Waals surface area (Å²) in [5.74, 6) is -0.803. The van der Waals surface area contributed by atoms with E-state index >= 15 is 0 Å². The van der Waals surface area contributed by atoms with E-state index in [4.69, 9.17) is 11.6 Å². The van der Waals surface area contributed by atoms with E-state index in [0.29, 0.717) is 5.02 Å².